The molecule has 1 aromatic heterocycles. The van der Waals surface area contributed by atoms with Crippen LogP contribution in [0.2, 0.25) is 0 Å². The molecule has 1 N–H and O–H groups in total. The van der Waals surface area contributed by atoms with Crippen LogP contribution >= 0.6 is 0 Å². The third-order valence-corrected chi connectivity index (χ3v) is 2.49. The fourth-order valence-electron chi connectivity index (χ4n) is 1.85. The number of hydrogen-bond acceptors (Lipinski definition) is 2. The second-order valence-corrected chi connectivity index (χ2v) is 3.27. The summed E-state index contributed by atoms with van der Waals surface area (Å²) >= 11 is 0. The summed E-state index contributed by atoms with van der Waals surface area (Å²) in [4.78, 5) is 11.8. The van der Waals surface area contributed by atoms with Gasteiger partial charge >= 0.3 is 0 Å². The smallest absolute Gasteiger partial charge is 0.215 e. The van der Waals surface area contributed by atoms with Gasteiger partial charge < -0.3 is 9.67 Å². The van der Waals surface area contributed by atoms with E-state index in [1.54, 1.807) is 16.8 Å². The lowest BCUT2D eigenvalue weighted by atomic mass is 10.1. The molecular weight excluding hydrogens is 178 g/mol. The molecule has 3 heteroatoms. The number of para-hydroxylation sites is 1. The van der Waals surface area contributed by atoms with Crippen molar-refractivity contribution in [2.75, 3.05) is 0 Å². The molecule has 0 fully saturated rings. The van der Waals surface area contributed by atoms with E-state index in [0.717, 1.165) is 5.69 Å². The van der Waals surface area contributed by atoms with Gasteiger partial charge in [-0.05, 0) is 18.2 Å². The Kier molecular flexibility index (Phi) is 1.19. The molecule has 0 unspecified atom stereocenters. The van der Waals surface area contributed by atoms with Crippen LogP contribution in [-0.2, 0) is 0 Å². The molecule has 0 bridgehead atoms. The van der Waals surface area contributed by atoms with Crippen LogP contribution in [0.1, 0.15) is 16.1 Å². The summed E-state index contributed by atoms with van der Waals surface area (Å²) in [6.45, 7) is 0. The number of aromatic nitrogens is 1. The van der Waals surface area contributed by atoms with E-state index < -0.39 is 0 Å². The quantitative estimate of drug-likeness (QED) is 0.579. The van der Waals surface area contributed by atoms with Crippen LogP contribution in [0.15, 0.2) is 36.5 Å². The van der Waals surface area contributed by atoms with Gasteiger partial charge in [0, 0.05) is 11.8 Å². The average Bonchev–Trinajstić information content (AvgIpc) is 2.70. The van der Waals surface area contributed by atoms with Crippen molar-refractivity contribution < 1.29 is 9.90 Å². The maximum absolute atomic E-state index is 11.8. The van der Waals surface area contributed by atoms with Crippen LogP contribution in [0.3, 0.4) is 0 Å². The number of rotatable bonds is 0. The first-order valence-corrected chi connectivity index (χ1v) is 4.33. The first-order valence-electron chi connectivity index (χ1n) is 4.33. The minimum absolute atomic E-state index is 0.0474. The van der Waals surface area contributed by atoms with E-state index in [1.807, 2.05) is 18.2 Å². The van der Waals surface area contributed by atoms with E-state index in [4.69, 9.17) is 0 Å². The fourth-order valence-corrected chi connectivity index (χ4v) is 1.85. The number of aromatic hydroxyl groups is 1. The van der Waals surface area contributed by atoms with E-state index in [9.17, 15) is 9.90 Å². The second kappa shape index (κ2) is 2.26. The maximum Gasteiger partial charge on any atom is 0.215 e. The molecule has 1 aliphatic rings. The largest absolute Gasteiger partial charge is 0.506 e. The van der Waals surface area contributed by atoms with E-state index >= 15 is 0 Å². The first-order chi connectivity index (χ1) is 6.79. The highest BCUT2D eigenvalue weighted by molar-refractivity contribution is 6.15. The Labute approximate surface area is 80.2 Å². The number of carbonyl (C=O) groups is 1. The zero-order valence-corrected chi connectivity index (χ0v) is 7.27. The molecule has 1 aliphatic heterocycles. The van der Waals surface area contributed by atoms with Gasteiger partial charge in [-0.3, -0.25) is 4.79 Å². The van der Waals surface area contributed by atoms with Gasteiger partial charge in [-0.15, -0.1) is 0 Å². The van der Waals surface area contributed by atoms with Gasteiger partial charge in [-0.2, -0.15) is 0 Å². The number of carbonyl (C=O) groups excluding carboxylic acids is 1. The fraction of sp³-hybridized carbons (Fsp3) is 0. The molecule has 0 amide bonds. The molecule has 0 saturated heterocycles. The summed E-state index contributed by atoms with van der Waals surface area (Å²) in [5, 5.41) is 9.47. The van der Waals surface area contributed by atoms with Gasteiger partial charge in [0.2, 0.25) is 5.78 Å². The Balaban J connectivity index is 2.42. The number of ketones is 1. The van der Waals surface area contributed by atoms with E-state index in [0.29, 0.717) is 11.3 Å². The van der Waals surface area contributed by atoms with Crippen molar-refractivity contribution in [2.24, 2.45) is 0 Å². The molecule has 0 radical (unpaired) electrons. The molecule has 0 saturated carbocycles. The summed E-state index contributed by atoms with van der Waals surface area (Å²) in [6, 6.07) is 8.86. The van der Waals surface area contributed by atoms with Gasteiger partial charge in [-0.1, -0.05) is 12.1 Å². The average molecular weight is 185 g/mol. The molecule has 2 heterocycles. The number of benzene rings is 1. The van der Waals surface area contributed by atoms with Crippen LogP contribution in [0.5, 0.6) is 5.75 Å². The van der Waals surface area contributed by atoms with E-state index in [1.165, 1.54) is 6.07 Å². The standard InChI is InChI=1S/C11H7NO2/c13-9-5-6-12-8-4-2-1-3-7(8)11(14)10(9)12/h1-6,13H. The topological polar surface area (TPSA) is 42.2 Å². The molecule has 0 spiro atoms. The first kappa shape index (κ1) is 7.38. The molecular formula is C11H7NO2. The molecule has 3 nitrogen and oxygen atoms in total. The Morgan fingerprint density at radius 2 is 1.93 bits per heavy atom. The van der Waals surface area contributed by atoms with Crippen molar-refractivity contribution in [3.8, 4) is 11.4 Å². The van der Waals surface area contributed by atoms with Crippen molar-refractivity contribution in [3.05, 3.63) is 47.8 Å². The number of fused-ring (bicyclic) bond motifs is 3. The summed E-state index contributed by atoms with van der Waals surface area (Å²) in [7, 11) is 0. The molecule has 1 aromatic carbocycles. The summed E-state index contributed by atoms with van der Waals surface area (Å²) < 4.78 is 1.72. The number of hydrogen-bond donors (Lipinski definition) is 1. The minimum Gasteiger partial charge on any atom is -0.506 e. The highest BCUT2D eigenvalue weighted by atomic mass is 16.3. The Morgan fingerprint density at radius 3 is 2.79 bits per heavy atom. The number of nitrogens with zero attached hydrogens (tertiary/aromatic N) is 1. The lowest BCUT2D eigenvalue weighted by molar-refractivity contribution is 0.103. The van der Waals surface area contributed by atoms with Crippen LogP contribution in [0, 0.1) is 0 Å². The second-order valence-electron chi connectivity index (χ2n) is 3.27. The van der Waals surface area contributed by atoms with Crippen LogP contribution in [0.4, 0.5) is 0 Å². The zero-order chi connectivity index (χ0) is 9.71. The third-order valence-electron chi connectivity index (χ3n) is 2.49. The normalized spacial score (nSPS) is 12.7. The Bertz CT molecular complexity index is 540. The van der Waals surface area contributed by atoms with Gasteiger partial charge in [0.25, 0.3) is 0 Å². The molecule has 0 atom stereocenters. The van der Waals surface area contributed by atoms with Crippen LogP contribution in [-0.4, -0.2) is 15.5 Å². The molecule has 3 rings (SSSR count). The monoisotopic (exact) mass is 185 g/mol. The van der Waals surface area contributed by atoms with Gasteiger partial charge in [0.1, 0.15) is 11.4 Å². The minimum atomic E-state index is -0.108. The van der Waals surface area contributed by atoms with Crippen molar-refractivity contribution in [3.63, 3.8) is 0 Å². The van der Waals surface area contributed by atoms with Crippen molar-refractivity contribution in [1.29, 1.82) is 0 Å². The van der Waals surface area contributed by atoms with Gasteiger partial charge in [0.15, 0.2) is 0 Å². The Morgan fingerprint density at radius 1 is 1.14 bits per heavy atom. The van der Waals surface area contributed by atoms with Crippen LogP contribution < -0.4 is 0 Å². The lowest BCUT2D eigenvalue weighted by Gasteiger charge is -1.97. The molecule has 0 aliphatic carbocycles. The lowest BCUT2D eigenvalue weighted by Crippen LogP contribution is -1.94. The highest BCUT2D eigenvalue weighted by Crippen LogP contribution is 2.33. The zero-order valence-electron chi connectivity index (χ0n) is 7.27. The van der Waals surface area contributed by atoms with Crippen molar-refractivity contribution >= 4 is 5.78 Å². The van der Waals surface area contributed by atoms with E-state index in [-0.39, 0.29) is 11.5 Å². The van der Waals surface area contributed by atoms with E-state index in [2.05, 4.69) is 0 Å². The SMILES string of the molecule is O=C1c2ccccc2-n2ccc(O)c21. The van der Waals surface area contributed by atoms with Gasteiger partial charge in [-0.25, -0.2) is 0 Å². The van der Waals surface area contributed by atoms with Crippen LogP contribution in [0.25, 0.3) is 5.69 Å². The summed E-state index contributed by atoms with van der Waals surface area (Å²) in [6.07, 6.45) is 1.70. The Hall–Kier alpha value is -2.03. The predicted octanol–water partition coefficient (Wildman–Crippen LogP) is 1.73. The summed E-state index contributed by atoms with van der Waals surface area (Å²) in [5.41, 5.74) is 1.86. The maximum atomic E-state index is 11.8. The highest BCUT2D eigenvalue weighted by Gasteiger charge is 2.28. The third kappa shape index (κ3) is 0.695. The summed E-state index contributed by atoms with van der Waals surface area (Å²) in [5.74, 6) is -0.0608. The van der Waals surface area contributed by atoms with Crippen molar-refractivity contribution in [2.45, 2.75) is 0 Å². The predicted molar refractivity (Wildman–Crippen MR) is 50.9 cm³/mol. The molecule has 68 valence electrons. The molecule has 2 aromatic rings. The van der Waals surface area contributed by atoms with Crippen molar-refractivity contribution in [1.82, 2.24) is 4.57 Å². The molecule has 14 heavy (non-hydrogen) atoms. The van der Waals surface area contributed by atoms with Gasteiger partial charge in [0.05, 0.1) is 5.69 Å².